The molecule has 2 amide bonds. The van der Waals surface area contributed by atoms with Crippen LogP contribution in [0, 0.1) is 11.7 Å². The number of hydrogen-bond donors (Lipinski definition) is 1. The Hall–Kier alpha value is -1.93. The van der Waals surface area contributed by atoms with E-state index in [0.29, 0.717) is 10.7 Å². The number of nitrogens with zero attached hydrogens (tertiary/aromatic N) is 1. The molecule has 0 aliphatic carbocycles. The molecule has 1 saturated heterocycles. The lowest BCUT2D eigenvalue weighted by atomic mass is 9.76. The molecule has 4 rings (SSSR count). The number of fused-ring (bicyclic) bond motifs is 2. The van der Waals surface area contributed by atoms with Crippen molar-refractivity contribution in [1.82, 2.24) is 4.98 Å². The van der Waals surface area contributed by atoms with Crippen LogP contribution in [-0.4, -0.2) is 22.0 Å². The molecule has 124 valence electrons. The summed E-state index contributed by atoms with van der Waals surface area (Å²) in [6.45, 7) is 3.76. The summed E-state index contributed by atoms with van der Waals surface area (Å²) in [6, 6.07) is 5.31. The van der Waals surface area contributed by atoms with Crippen molar-refractivity contribution in [1.29, 1.82) is 0 Å². The van der Waals surface area contributed by atoms with Gasteiger partial charge in [-0.15, -0.1) is 0 Å². The summed E-state index contributed by atoms with van der Waals surface area (Å²) in [4.78, 5) is 42.0. The number of thiazole rings is 1. The molecule has 5 nitrogen and oxygen atoms in total. The predicted molar refractivity (Wildman–Crippen MR) is 90.0 cm³/mol. The van der Waals surface area contributed by atoms with Crippen molar-refractivity contribution in [3.05, 3.63) is 44.6 Å². The zero-order valence-corrected chi connectivity index (χ0v) is 14.5. The Bertz CT molecular complexity index is 916. The number of thioether (sulfide) groups is 1. The van der Waals surface area contributed by atoms with E-state index in [2.05, 4.69) is 4.98 Å². The van der Waals surface area contributed by atoms with E-state index in [-0.39, 0.29) is 16.7 Å². The lowest BCUT2D eigenvalue weighted by molar-refractivity contribution is -0.123. The van der Waals surface area contributed by atoms with Crippen molar-refractivity contribution in [2.45, 2.75) is 29.5 Å². The van der Waals surface area contributed by atoms with E-state index < -0.39 is 22.4 Å². The Morgan fingerprint density at radius 3 is 2.46 bits per heavy atom. The van der Waals surface area contributed by atoms with Crippen molar-refractivity contribution in [2.75, 3.05) is 4.90 Å². The Balaban J connectivity index is 1.81. The molecule has 0 bridgehead atoms. The van der Waals surface area contributed by atoms with Gasteiger partial charge >= 0.3 is 4.87 Å². The molecule has 2 aliphatic rings. The summed E-state index contributed by atoms with van der Waals surface area (Å²) < 4.78 is 13.1. The first kappa shape index (κ1) is 15.6. The van der Waals surface area contributed by atoms with Crippen LogP contribution >= 0.6 is 23.1 Å². The number of anilines is 1. The highest BCUT2D eigenvalue weighted by molar-refractivity contribution is 8.00. The largest absolute Gasteiger partial charge is 0.307 e. The van der Waals surface area contributed by atoms with Crippen LogP contribution in [0.5, 0.6) is 0 Å². The first-order valence-corrected chi connectivity index (χ1v) is 9.04. The highest BCUT2D eigenvalue weighted by Gasteiger charge is 2.59. The summed E-state index contributed by atoms with van der Waals surface area (Å²) in [7, 11) is 0. The number of carbonyl (C=O) groups excluding carboxylic acids is 2. The maximum atomic E-state index is 13.1. The lowest BCUT2D eigenvalue weighted by Crippen LogP contribution is -2.41. The number of rotatable bonds is 1. The van der Waals surface area contributed by atoms with Gasteiger partial charge in [0.15, 0.2) is 0 Å². The van der Waals surface area contributed by atoms with Gasteiger partial charge in [0, 0.05) is 10.3 Å². The number of carbonyl (C=O) groups is 2. The van der Waals surface area contributed by atoms with Crippen molar-refractivity contribution in [2.24, 2.45) is 5.92 Å². The van der Waals surface area contributed by atoms with Gasteiger partial charge in [-0.05, 0) is 24.3 Å². The van der Waals surface area contributed by atoms with E-state index in [0.717, 1.165) is 21.1 Å². The van der Waals surface area contributed by atoms with Gasteiger partial charge in [0.1, 0.15) is 11.1 Å². The monoisotopic (exact) mass is 364 g/mol. The Kier molecular flexibility index (Phi) is 3.27. The molecule has 3 heterocycles. The first-order chi connectivity index (χ1) is 11.3. The molecule has 2 unspecified atom stereocenters. The highest BCUT2D eigenvalue weighted by Crippen LogP contribution is 2.53. The van der Waals surface area contributed by atoms with E-state index >= 15 is 0 Å². The SMILES string of the molecule is CC1(C)c2sc(=O)[nH]c2SC2C(=O)N(c3ccc(F)cc3)C(=O)C21. The Morgan fingerprint density at radius 2 is 1.79 bits per heavy atom. The minimum atomic E-state index is -0.628. The minimum absolute atomic E-state index is 0.184. The summed E-state index contributed by atoms with van der Waals surface area (Å²) in [6.07, 6.45) is 0. The van der Waals surface area contributed by atoms with Crippen molar-refractivity contribution >= 4 is 40.6 Å². The van der Waals surface area contributed by atoms with Gasteiger partial charge in [0.2, 0.25) is 11.8 Å². The van der Waals surface area contributed by atoms with Gasteiger partial charge in [0.25, 0.3) is 0 Å². The van der Waals surface area contributed by atoms with Crippen molar-refractivity contribution in [3.63, 3.8) is 0 Å². The molecule has 2 aromatic rings. The second-order valence-corrected chi connectivity index (χ2v) is 8.53. The summed E-state index contributed by atoms with van der Waals surface area (Å²) >= 11 is 2.32. The number of H-pyrrole nitrogens is 1. The smallest absolute Gasteiger partial charge is 0.305 e. The third-order valence-electron chi connectivity index (χ3n) is 4.56. The van der Waals surface area contributed by atoms with Gasteiger partial charge in [-0.2, -0.15) is 0 Å². The molecule has 8 heteroatoms. The number of nitrogens with one attached hydrogen (secondary N) is 1. The summed E-state index contributed by atoms with van der Waals surface area (Å²) in [5.74, 6) is -1.61. The number of halogens is 1. The van der Waals surface area contributed by atoms with Crippen LogP contribution < -0.4 is 9.77 Å². The number of benzene rings is 1. The molecule has 1 fully saturated rings. The molecular formula is C16H13FN2O3S2. The zero-order chi connectivity index (χ0) is 17.2. The van der Waals surface area contributed by atoms with Crippen LogP contribution in [-0.2, 0) is 15.0 Å². The molecule has 1 aromatic carbocycles. The van der Waals surface area contributed by atoms with Crippen LogP contribution in [0.15, 0.2) is 34.1 Å². The van der Waals surface area contributed by atoms with Gasteiger partial charge in [-0.25, -0.2) is 9.29 Å². The van der Waals surface area contributed by atoms with Crippen LogP contribution in [0.1, 0.15) is 18.7 Å². The van der Waals surface area contributed by atoms with Crippen LogP contribution in [0.4, 0.5) is 10.1 Å². The van der Waals surface area contributed by atoms with Gasteiger partial charge in [-0.1, -0.05) is 36.9 Å². The van der Waals surface area contributed by atoms with E-state index in [1.807, 2.05) is 13.8 Å². The van der Waals surface area contributed by atoms with E-state index in [9.17, 15) is 18.8 Å². The van der Waals surface area contributed by atoms with Crippen molar-refractivity contribution < 1.29 is 14.0 Å². The average molecular weight is 364 g/mol. The maximum Gasteiger partial charge on any atom is 0.305 e. The van der Waals surface area contributed by atoms with Crippen LogP contribution in [0.25, 0.3) is 0 Å². The third kappa shape index (κ3) is 2.02. The zero-order valence-electron chi connectivity index (χ0n) is 12.8. The number of hydrogen-bond acceptors (Lipinski definition) is 5. The lowest BCUT2D eigenvalue weighted by Gasteiger charge is -2.36. The predicted octanol–water partition coefficient (Wildman–Crippen LogP) is 2.52. The molecule has 2 aliphatic heterocycles. The fourth-order valence-corrected chi connectivity index (χ4v) is 6.17. The summed E-state index contributed by atoms with van der Waals surface area (Å²) in [5.41, 5.74) is -0.259. The molecule has 2 atom stereocenters. The number of aromatic amines is 1. The second-order valence-electron chi connectivity index (χ2n) is 6.40. The van der Waals surface area contributed by atoms with E-state index in [1.54, 1.807) is 0 Å². The molecule has 24 heavy (non-hydrogen) atoms. The van der Waals surface area contributed by atoms with Gasteiger partial charge in [-0.3, -0.25) is 14.4 Å². The second kappa shape index (κ2) is 5.03. The van der Waals surface area contributed by atoms with Crippen LogP contribution in [0.3, 0.4) is 0 Å². The Morgan fingerprint density at radius 1 is 1.12 bits per heavy atom. The minimum Gasteiger partial charge on any atom is -0.307 e. The van der Waals surface area contributed by atoms with Crippen LogP contribution in [0.2, 0.25) is 0 Å². The summed E-state index contributed by atoms with van der Waals surface area (Å²) in [5, 5.41) is 0.0775. The van der Waals surface area contributed by atoms with Gasteiger partial charge in [0.05, 0.1) is 16.6 Å². The van der Waals surface area contributed by atoms with E-state index in [1.165, 1.54) is 36.0 Å². The standard InChI is InChI=1S/C16H13FN2O3S2/c1-16(2)9-10(23-12-11(16)24-15(22)18-12)14(21)19(13(9)20)8-5-3-7(17)4-6-8/h3-6,9-10H,1-2H3,(H,18,22). The number of aromatic nitrogens is 1. The number of amides is 2. The quantitative estimate of drug-likeness (QED) is 0.790. The molecule has 0 spiro atoms. The maximum absolute atomic E-state index is 13.1. The number of imide groups is 1. The molecule has 0 radical (unpaired) electrons. The van der Waals surface area contributed by atoms with E-state index in [4.69, 9.17) is 0 Å². The molecule has 0 saturated carbocycles. The van der Waals surface area contributed by atoms with Crippen molar-refractivity contribution in [3.8, 4) is 0 Å². The topological polar surface area (TPSA) is 70.2 Å². The highest BCUT2D eigenvalue weighted by atomic mass is 32.2. The average Bonchev–Trinajstić information content (AvgIpc) is 3.00. The molecule has 1 N–H and O–H groups in total. The molecular weight excluding hydrogens is 351 g/mol. The normalized spacial score (nSPS) is 24.9. The fraction of sp³-hybridized carbons (Fsp3) is 0.312. The molecule has 1 aromatic heterocycles. The van der Waals surface area contributed by atoms with Gasteiger partial charge < -0.3 is 4.98 Å². The Labute approximate surface area is 144 Å². The first-order valence-electron chi connectivity index (χ1n) is 7.34. The third-order valence-corrected chi connectivity index (χ3v) is 7.18. The fourth-order valence-electron chi connectivity index (χ4n) is 3.39.